The van der Waals surface area contributed by atoms with E-state index in [4.69, 9.17) is 15.8 Å². The predicted molar refractivity (Wildman–Crippen MR) is 89.7 cm³/mol. The second-order valence-electron chi connectivity index (χ2n) is 7.24. The van der Waals surface area contributed by atoms with Gasteiger partial charge in [-0.3, -0.25) is 4.79 Å². The number of nitrogens with zero attached hydrogens (tertiary/aromatic N) is 2. The molecular weight excluding hydrogens is 351 g/mol. The van der Waals surface area contributed by atoms with Gasteiger partial charge in [-0.2, -0.15) is 17.0 Å². The summed E-state index contributed by atoms with van der Waals surface area (Å²) in [6.07, 6.45) is 1.53. The Morgan fingerprint density at radius 2 is 2.12 bits per heavy atom. The van der Waals surface area contributed by atoms with Gasteiger partial charge >= 0.3 is 13.1 Å². The molecule has 3 aliphatic rings. The third-order valence-corrected chi connectivity index (χ3v) is 7.69. The highest BCUT2D eigenvalue weighted by Crippen LogP contribution is 2.35. The minimum Gasteiger partial charge on any atom is -0.480 e. The van der Waals surface area contributed by atoms with Crippen molar-refractivity contribution >= 4 is 23.3 Å². The Morgan fingerprint density at radius 1 is 1.40 bits per heavy atom. The topological polar surface area (TPSA) is 156 Å². The SMILES string of the molecule is N[C@@]1(C(=O)O)CN(S(=O)(=O)N2CCC3NCC32)C[C@@H]1CCCB(O)O. The molecule has 10 nitrogen and oxygen atoms in total. The molecule has 0 aromatic heterocycles. The van der Waals surface area contributed by atoms with Gasteiger partial charge in [-0.25, -0.2) is 0 Å². The monoisotopic (exact) mass is 376 g/mol. The highest BCUT2D eigenvalue weighted by Gasteiger charge is 2.55. The molecule has 6 N–H and O–H groups in total. The number of carboxylic acid groups (broad SMARTS) is 1. The number of carbonyl (C=O) groups is 1. The maximum atomic E-state index is 13.0. The van der Waals surface area contributed by atoms with Crippen molar-refractivity contribution in [2.75, 3.05) is 26.2 Å². The summed E-state index contributed by atoms with van der Waals surface area (Å²) in [6.45, 7) is 0.807. The summed E-state index contributed by atoms with van der Waals surface area (Å²) in [5.41, 5.74) is 4.40. The zero-order valence-corrected chi connectivity index (χ0v) is 14.7. The molecule has 0 bridgehead atoms. The van der Waals surface area contributed by atoms with Crippen molar-refractivity contribution in [1.29, 1.82) is 0 Å². The number of fused-ring (bicyclic) bond motifs is 1. The zero-order chi connectivity index (χ0) is 18.4. The van der Waals surface area contributed by atoms with Crippen molar-refractivity contribution < 1.29 is 28.4 Å². The lowest BCUT2D eigenvalue weighted by atomic mass is 9.78. The lowest BCUT2D eigenvalue weighted by Crippen LogP contribution is -2.62. The van der Waals surface area contributed by atoms with Gasteiger partial charge in [0.25, 0.3) is 10.2 Å². The van der Waals surface area contributed by atoms with Crippen LogP contribution in [0.1, 0.15) is 19.3 Å². The van der Waals surface area contributed by atoms with Crippen molar-refractivity contribution in [1.82, 2.24) is 13.9 Å². The summed E-state index contributed by atoms with van der Waals surface area (Å²) in [5.74, 6) is -1.80. The Bertz CT molecular complexity index is 634. The first-order valence-electron chi connectivity index (χ1n) is 8.55. The fourth-order valence-electron chi connectivity index (χ4n) is 4.06. The molecule has 0 amide bonds. The van der Waals surface area contributed by atoms with Gasteiger partial charge in [0.2, 0.25) is 0 Å². The number of carboxylic acids is 1. The Hall–Kier alpha value is -0.755. The van der Waals surface area contributed by atoms with Crippen LogP contribution in [0.4, 0.5) is 0 Å². The van der Waals surface area contributed by atoms with Crippen LogP contribution < -0.4 is 11.1 Å². The molecule has 3 aliphatic heterocycles. The third kappa shape index (κ3) is 3.32. The number of rotatable bonds is 7. The smallest absolute Gasteiger partial charge is 0.451 e. The maximum absolute atomic E-state index is 13.0. The van der Waals surface area contributed by atoms with Crippen LogP contribution in [0.25, 0.3) is 0 Å². The van der Waals surface area contributed by atoms with Gasteiger partial charge in [-0.15, -0.1) is 0 Å². The second kappa shape index (κ2) is 6.76. The lowest BCUT2D eigenvalue weighted by Gasteiger charge is -2.38. The van der Waals surface area contributed by atoms with Crippen molar-refractivity contribution in [2.24, 2.45) is 11.7 Å². The molecule has 0 aromatic carbocycles. The molecule has 0 aliphatic carbocycles. The Kier molecular flexibility index (Phi) is 5.14. The first kappa shape index (κ1) is 19.0. The van der Waals surface area contributed by atoms with Crippen molar-refractivity contribution in [3.05, 3.63) is 0 Å². The fraction of sp³-hybridized carbons (Fsp3) is 0.923. The van der Waals surface area contributed by atoms with E-state index < -0.39 is 34.8 Å². The van der Waals surface area contributed by atoms with Crippen LogP contribution in [0.15, 0.2) is 0 Å². The van der Waals surface area contributed by atoms with Crippen LogP contribution in [0.3, 0.4) is 0 Å². The number of nitrogens with two attached hydrogens (primary N) is 1. The normalized spacial score (nSPS) is 36.2. The number of aliphatic carboxylic acids is 1. The fourth-order valence-corrected chi connectivity index (χ4v) is 6.00. The van der Waals surface area contributed by atoms with Gasteiger partial charge in [0.15, 0.2) is 0 Å². The highest BCUT2D eigenvalue weighted by molar-refractivity contribution is 7.86. The molecule has 12 heteroatoms. The van der Waals surface area contributed by atoms with Crippen LogP contribution in [-0.2, 0) is 15.0 Å². The second-order valence-corrected chi connectivity index (χ2v) is 9.12. The van der Waals surface area contributed by atoms with E-state index in [0.717, 1.165) is 6.42 Å². The summed E-state index contributed by atoms with van der Waals surface area (Å²) in [6, 6.07) is 0.118. The molecular formula is C13H25BN4O6S. The largest absolute Gasteiger partial charge is 0.480 e. The lowest BCUT2D eigenvalue weighted by molar-refractivity contribution is -0.144. The molecule has 0 aromatic rings. The van der Waals surface area contributed by atoms with Crippen molar-refractivity contribution in [2.45, 2.75) is 43.2 Å². The molecule has 3 rings (SSSR count). The number of nitrogens with one attached hydrogen (secondary N) is 1. The third-order valence-electron chi connectivity index (χ3n) is 5.71. The molecule has 142 valence electrons. The number of hydrogen-bond donors (Lipinski definition) is 5. The summed E-state index contributed by atoms with van der Waals surface area (Å²) in [5, 5.41) is 30.6. The number of hydrogen-bond acceptors (Lipinski definition) is 7. The van der Waals surface area contributed by atoms with Gasteiger partial charge in [-0.05, 0) is 19.2 Å². The maximum Gasteiger partial charge on any atom is 0.451 e. The van der Waals surface area contributed by atoms with Gasteiger partial charge in [0, 0.05) is 38.1 Å². The minimum atomic E-state index is -3.76. The van der Waals surface area contributed by atoms with Crippen LogP contribution in [0.5, 0.6) is 0 Å². The Labute approximate surface area is 147 Å². The van der Waals surface area contributed by atoms with Gasteiger partial charge in [0.1, 0.15) is 5.54 Å². The van der Waals surface area contributed by atoms with Crippen molar-refractivity contribution in [3.8, 4) is 0 Å². The van der Waals surface area contributed by atoms with E-state index in [1.54, 1.807) is 0 Å². The average molecular weight is 376 g/mol. The van der Waals surface area contributed by atoms with Gasteiger partial charge in [0.05, 0.1) is 6.04 Å². The van der Waals surface area contributed by atoms with Crippen LogP contribution in [0.2, 0.25) is 6.32 Å². The summed E-state index contributed by atoms with van der Waals surface area (Å²) < 4.78 is 28.6. The molecule has 0 radical (unpaired) electrons. The van der Waals surface area contributed by atoms with E-state index in [1.165, 1.54) is 8.61 Å². The molecule has 0 saturated carbocycles. The Balaban J connectivity index is 1.73. The van der Waals surface area contributed by atoms with Gasteiger partial charge < -0.3 is 26.2 Å². The van der Waals surface area contributed by atoms with E-state index in [9.17, 15) is 18.3 Å². The van der Waals surface area contributed by atoms with Gasteiger partial charge in [-0.1, -0.05) is 6.42 Å². The average Bonchev–Trinajstić information content (AvgIpc) is 2.98. The minimum absolute atomic E-state index is 0.0357. The molecule has 2 unspecified atom stereocenters. The summed E-state index contributed by atoms with van der Waals surface area (Å²) in [4.78, 5) is 11.7. The van der Waals surface area contributed by atoms with Crippen molar-refractivity contribution in [3.63, 3.8) is 0 Å². The molecule has 4 atom stereocenters. The first-order chi connectivity index (χ1) is 11.7. The highest BCUT2D eigenvalue weighted by atomic mass is 32.2. The molecule has 3 saturated heterocycles. The zero-order valence-electron chi connectivity index (χ0n) is 13.9. The van der Waals surface area contributed by atoms with Crippen LogP contribution >= 0.6 is 0 Å². The summed E-state index contributed by atoms with van der Waals surface area (Å²) >= 11 is 0. The van der Waals surface area contributed by atoms with Crippen LogP contribution in [-0.4, -0.2) is 89.1 Å². The van der Waals surface area contributed by atoms with E-state index in [2.05, 4.69) is 5.32 Å². The van der Waals surface area contributed by atoms with Crippen LogP contribution in [0, 0.1) is 5.92 Å². The van der Waals surface area contributed by atoms with E-state index in [0.29, 0.717) is 25.9 Å². The van der Waals surface area contributed by atoms with E-state index in [1.807, 2.05) is 0 Å². The quantitative estimate of drug-likeness (QED) is 0.299. The van der Waals surface area contributed by atoms with E-state index in [-0.39, 0.29) is 31.5 Å². The first-order valence-corrected chi connectivity index (χ1v) is 9.94. The standard InChI is InChI=1S/C13H25BN4O6S/c15-13(12(19)20)8-17(7-9(13)2-1-4-14(21)22)25(23,24)18-5-3-10-11(18)6-16-10/h9-11,16,21-22H,1-8,15H2,(H,19,20)/t9-,10?,11?,13-/m0/s1. The molecule has 25 heavy (non-hydrogen) atoms. The molecule has 3 heterocycles. The molecule has 0 spiro atoms. The predicted octanol–water partition coefficient (Wildman–Crippen LogP) is -2.76. The molecule has 3 fully saturated rings. The van der Waals surface area contributed by atoms with E-state index >= 15 is 0 Å². The summed E-state index contributed by atoms with van der Waals surface area (Å²) in [7, 11) is -5.23. The Morgan fingerprint density at radius 3 is 2.64 bits per heavy atom.